The highest BCUT2D eigenvalue weighted by Gasteiger charge is 2.65. The van der Waals surface area contributed by atoms with Crippen LogP contribution in [0.5, 0.6) is 5.75 Å². The van der Waals surface area contributed by atoms with E-state index in [0.717, 1.165) is 10.5 Å². The number of carbonyl (C=O) groups excluding carboxylic acids is 6. The number of benzene rings is 3. The van der Waals surface area contributed by atoms with E-state index in [0.29, 0.717) is 5.56 Å². The van der Waals surface area contributed by atoms with Gasteiger partial charge in [0.1, 0.15) is 36.3 Å². The van der Waals surface area contributed by atoms with Gasteiger partial charge in [-0.1, -0.05) is 72.8 Å². The standard InChI is InChI=1S/C38H37N5O12S/c1-22-29(34(46)53-21-54-35(47)38(2,3)4)43-32(45)28(33(43)56(50)31(22)42-39)40-30(44)27(41-36(48)51-19-23-11-7-5-8-12-23)25-15-17-26(18-16-25)55-37(49)52-20-24-13-9-6-10-14-24/h5-18,27-28,33H,19-21H2,1-4H3,(H,40,44)(H,41,48)/t27?,28?,33-,56?/m0/s1. The van der Waals surface area contributed by atoms with Gasteiger partial charge in [0.05, 0.1) is 16.6 Å². The molecule has 0 radical (unpaired) electrons. The molecule has 2 N–H and O–H groups in total. The molecule has 0 spiro atoms. The van der Waals surface area contributed by atoms with Crippen LogP contribution in [-0.2, 0) is 62.5 Å². The summed E-state index contributed by atoms with van der Waals surface area (Å²) in [6.07, 6.45) is -2.00. The molecule has 1 saturated heterocycles. The van der Waals surface area contributed by atoms with Crippen molar-refractivity contribution in [2.45, 2.75) is 58.4 Å². The summed E-state index contributed by atoms with van der Waals surface area (Å²) in [4.78, 5) is 81.9. The fraction of sp³-hybridized carbons (Fsp3) is 0.289. The molecule has 2 aliphatic rings. The predicted octanol–water partition coefficient (Wildman–Crippen LogP) is 3.78. The molecule has 0 aliphatic carbocycles. The van der Waals surface area contributed by atoms with Crippen molar-refractivity contribution in [1.82, 2.24) is 15.5 Å². The monoisotopic (exact) mass is 787 g/mol. The Balaban J connectivity index is 1.31. The SMILES string of the molecule is CC1=C(C(=O)OCOC(=O)C(C)(C)C)N2C(=O)C(NC(=O)C(NC(=O)OCc3ccccc3)c3ccc(OC(=O)OCc4ccccc4)cc3)[C@@H]2[S+]([O-])C1=[N+]=[N-]. The highest BCUT2D eigenvalue weighted by molar-refractivity contribution is 8.07. The zero-order valence-electron chi connectivity index (χ0n) is 30.6. The molecule has 0 saturated carbocycles. The molecule has 1 fully saturated rings. The van der Waals surface area contributed by atoms with Gasteiger partial charge in [-0.3, -0.25) is 19.3 Å². The molecule has 56 heavy (non-hydrogen) atoms. The topological polar surface area (TPSA) is 235 Å². The van der Waals surface area contributed by atoms with Crippen molar-refractivity contribution in [2.24, 2.45) is 5.41 Å². The molecule has 3 unspecified atom stereocenters. The Morgan fingerprint density at radius 1 is 0.875 bits per heavy atom. The molecule has 0 bridgehead atoms. The van der Waals surface area contributed by atoms with Crippen LogP contribution in [0.2, 0.25) is 0 Å². The Kier molecular flexibility index (Phi) is 12.9. The Hall–Kier alpha value is -6.49. The molecular weight excluding hydrogens is 751 g/mol. The van der Waals surface area contributed by atoms with E-state index in [1.165, 1.54) is 31.2 Å². The largest absolute Gasteiger partial charge is 0.604 e. The van der Waals surface area contributed by atoms with E-state index in [1.54, 1.807) is 75.4 Å². The van der Waals surface area contributed by atoms with E-state index < -0.39 is 87.6 Å². The van der Waals surface area contributed by atoms with Gasteiger partial charge in [0.2, 0.25) is 18.1 Å². The summed E-state index contributed by atoms with van der Waals surface area (Å²) in [7, 11) is 0. The van der Waals surface area contributed by atoms with Crippen molar-refractivity contribution >= 4 is 52.2 Å². The van der Waals surface area contributed by atoms with Crippen LogP contribution < -0.4 is 15.4 Å². The summed E-state index contributed by atoms with van der Waals surface area (Å²) in [5, 5.41) is 3.02. The lowest BCUT2D eigenvalue weighted by molar-refractivity contribution is -0.173. The first-order chi connectivity index (χ1) is 26.7. The molecule has 2 aliphatic heterocycles. The number of rotatable bonds is 12. The number of esters is 2. The zero-order chi connectivity index (χ0) is 40.6. The second kappa shape index (κ2) is 17.8. The summed E-state index contributed by atoms with van der Waals surface area (Å²) >= 11 is -2.27. The normalized spacial score (nSPS) is 17.9. The number of ether oxygens (including phenoxy) is 5. The van der Waals surface area contributed by atoms with Crippen LogP contribution >= 0.6 is 0 Å². The van der Waals surface area contributed by atoms with Gasteiger partial charge in [-0.2, -0.15) is 0 Å². The lowest BCUT2D eigenvalue weighted by Crippen LogP contribution is -2.75. The highest BCUT2D eigenvalue weighted by Crippen LogP contribution is 2.38. The molecule has 3 aromatic carbocycles. The number of fused-ring (bicyclic) bond motifs is 1. The average molecular weight is 788 g/mol. The smallest absolute Gasteiger partial charge is 0.514 e. The third kappa shape index (κ3) is 9.59. The Morgan fingerprint density at radius 2 is 1.46 bits per heavy atom. The summed E-state index contributed by atoms with van der Waals surface area (Å²) in [6, 6.07) is 20.0. The number of hydrogen-bond acceptors (Lipinski definition) is 12. The van der Waals surface area contributed by atoms with Crippen LogP contribution in [0.4, 0.5) is 9.59 Å². The van der Waals surface area contributed by atoms with Gasteiger partial charge in [-0.25, -0.2) is 14.4 Å². The van der Waals surface area contributed by atoms with Gasteiger partial charge >= 0.3 is 29.2 Å². The van der Waals surface area contributed by atoms with Gasteiger partial charge in [0, 0.05) is 0 Å². The van der Waals surface area contributed by atoms with E-state index >= 15 is 0 Å². The van der Waals surface area contributed by atoms with E-state index in [2.05, 4.69) is 15.4 Å². The number of carbonyl (C=O) groups is 6. The van der Waals surface area contributed by atoms with Crippen LogP contribution in [0.15, 0.2) is 96.2 Å². The van der Waals surface area contributed by atoms with E-state index in [4.69, 9.17) is 23.7 Å². The van der Waals surface area contributed by atoms with Gasteiger partial charge in [-0.05, 0) is 56.5 Å². The zero-order valence-corrected chi connectivity index (χ0v) is 31.4. The third-order valence-corrected chi connectivity index (χ3v) is 9.99. The van der Waals surface area contributed by atoms with Crippen LogP contribution in [0.25, 0.3) is 5.53 Å². The first-order valence-electron chi connectivity index (χ1n) is 17.0. The minimum Gasteiger partial charge on any atom is -0.604 e. The maximum absolute atomic E-state index is 13.9. The van der Waals surface area contributed by atoms with Gasteiger partial charge in [-0.15, -0.1) is 4.79 Å². The highest BCUT2D eigenvalue weighted by atomic mass is 32.2. The van der Waals surface area contributed by atoms with Gasteiger partial charge in [0.25, 0.3) is 5.91 Å². The summed E-state index contributed by atoms with van der Waals surface area (Å²) in [5.74, 6) is -3.62. The number of amides is 3. The van der Waals surface area contributed by atoms with E-state index in [1.807, 2.05) is 6.07 Å². The lowest BCUT2D eigenvalue weighted by Gasteiger charge is -2.47. The van der Waals surface area contributed by atoms with Crippen molar-refractivity contribution < 1.29 is 61.8 Å². The van der Waals surface area contributed by atoms with Crippen LogP contribution in [0, 0.1) is 5.41 Å². The second-order valence-electron chi connectivity index (χ2n) is 13.3. The Bertz CT molecular complexity index is 2070. The number of alkyl carbamates (subject to hydrolysis) is 1. The minimum atomic E-state index is -2.27. The molecule has 18 heteroatoms. The molecular formula is C38H37N5O12S. The minimum absolute atomic E-state index is 0.0331. The van der Waals surface area contributed by atoms with E-state index in [9.17, 15) is 38.9 Å². The molecule has 3 aromatic rings. The van der Waals surface area contributed by atoms with Crippen molar-refractivity contribution in [1.29, 1.82) is 0 Å². The number of nitrogens with one attached hydrogen (secondary N) is 2. The average Bonchev–Trinajstić information content (AvgIpc) is 3.18. The quantitative estimate of drug-likeness (QED) is 0.0390. The molecule has 3 amide bonds. The maximum Gasteiger partial charge on any atom is 0.514 e. The molecule has 292 valence electrons. The van der Waals surface area contributed by atoms with Gasteiger partial charge < -0.3 is 44.4 Å². The first-order valence-corrected chi connectivity index (χ1v) is 18.2. The lowest BCUT2D eigenvalue weighted by atomic mass is 9.98. The molecule has 2 heterocycles. The summed E-state index contributed by atoms with van der Waals surface area (Å²) < 4.78 is 39.2. The Morgan fingerprint density at radius 3 is 2.04 bits per heavy atom. The van der Waals surface area contributed by atoms with Crippen molar-refractivity contribution in [3.63, 3.8) is 0 Å². The van der Waals surface area contributed by atoms with Crippen molar-refractivity contribution in [3.05, 3.63) is 118 Å². The van der Waals surface area contributed by atoms with Crippen molar-refractivity contribution in [2.75, 3.05) is 6.79 Å². The number of hydrogen-bond donors (Lipinski definition) is 2. The Labute approximate surface area is 323 Å². The van der Waals surface area contributed by atoms with Crippen LogP contribution in [0.1, 0.15) is 50.4 Å². The fourth-order valence-electron chi connectivity index (χ4n) is 5.38. The number of nitrogens with zero attached hydrogens (tertiary/aromatic N) is 3. The first kappa shape index (κ1) is 40.7. The van der Waals surface area contributed by atoms with Gasteiger partial charge in [0.15, 0.2) is 6.04 Å². The maximum atomic E-state index is 13.9. The number of β-lactam (4-membered cyclic amide) rings is 1. The van der Waals surface area contributed by atoms with Crippen LogP contribution in [0.3, 0.4) is 0 Å². The van der Waals surface area contributed by atoms with Crippen LogP contribution in [-0.4, -0.2) is 73.5 Å². The predicted molar refractivity (Wildman–Crippen MR) is 195 cm³/mol. The molecule has 4 atom stereocenters. The van der Waals surface area contributed by atoms with Crippen molar-refractivity contribution in [3.8, 4) is 5.75 Å². The molecule has 5 rings (SSSR count). The summed E-state index contributed by atoms with van der Waals surface area (Å²) in [5.41, 5.74) is 9.77. The van der Waals surface area contributed by atoms with E-state index in [-0.39, 0.29) is 30.1 Å². The third-order valence-electron chi connectivity index (χ3n) is 8.30. The molecule has 0 aromatic heterocycles. The fourth-order valence-corrected chi connectivity index (χ4v) is 6.92. The second-order valence-corrected chi connectivity index (χ2v) is 14.8. The summed E-state index contributed by atoms with van der Waals surface area (Å²) in [6.45, 7) is 5.06. The molecule has 17 nitrogen and oxygen atoms in total.